The Hall–Kier alpha value is -1.55. The van der Waals surface area contributed by atoms with Gasteiger partial charge in [0.25, 0.3) is 0 Å². The Morgan fingerprint density at radius 2 is 1.84 bits per heavy atom. The van der Waals surface area contributed by atoms with Crippen molar-refractivity contribution in [3.05, 3.63) is 35.9 Å². The third kappa shape index (κ3) is 8.39. The fraction of sp³-hybridized carbons (Fsp3) is 0.667. The minimum atomic E-state index is -0.390. The highest BCUT2D eigenvalue weighted by atomic mass is 16.6. The molecule has 4 nitrogen and oxygen atoms in total. The normalized spacial score (nSPS) is 18.0. The minimum absolute atomic E-state index is 0.171. The standard InChI is InChI=1S/C12H23NO2.C9H13N/c1-11(2,3)15-10(14)13-8-6-7-12(4,5)9-13;1-8(10-2)9-6-4-3-5-7-9/h6-9H2,1-5H3;3-8,10H,1-2H3. The predicted molar refractivity (Wildman–Crippen MR) is 105 cm³/mol. The van der Waals surface area contributed by atoms with Gasteiger partial charge in [-0.25, -0.2) is 4.79 Å². The number of piperidine rings is 1. The van der Waals surface area contributed by atoms with Gasteiger partial charge in [-0.2, -0.15) is 0 Å². The van der Waals surface area contributed by atoms with Crippen LogP contribution in [0.1, 0.15) is 66.0 Å². The number of benzene rings is 1. The molecule has 4 heteroatoms. The summed E-state index contributed by atoms with van der Waals surface area (Å²) in [6.45, 7) is 13.9. The van der Waals surface area contributed by atoms with E-state index in [1.165, 1.54) is 12.0 Å². The molecule has 1 aromatic rings. The van der Waals surface area contributed by atoms with Gasteiger partial charge in [0.1, 0.15) is 5.60 Å². The number of amides is 1. The van der Waals surface area contributed by atoms with Crippen molar-refractivity contribution in [1.29, 1.82) is 0 Å². The molecule has 1 unspecified atom stereocenters. The van der Waals surface area contributed by atoms with Crippen LogP contribution >= 0.6 is 0 Å². The first-order valence-electron chi connectivity index (χ1n) is 9.24. The van der Waals surface area contributed by atoms with Crippen molar-refractivity contribution in [3.8, 4) is 0 Å². The van der Waals surface area contributed by atoms with E-state index < -0.39 is 5.60 Å². The summed E-state index contributed by atoms with van der Waals surface area (Å²) in [5, 5.41) is 3.18. The zero-order valence-corrected chi connectivity index (χ0v) is 17.1. The second-order valence-electron chi connectivity index (χ2n) is 8.59. The van der Waals surface area contributed by atoms with Crippen LogP contribution in [0, 0.1) is 5.41 Å². The largest absolute Gasteiger partial charge is 0.444 e. The van der Waals surface area contributed by atoms with Crippen LogP contribution in [-0.4, -0.2) is 36.7 Å². The quantitative estimate of drug-likeness (QED) is 0.817. The van der Waals surface area contributed by atoms with Gasteiger partial charge in [-0.3, -0.25) is 0 Å². The van der Waals surface area contributed by atoms with Gasteiger partial charge in [0.2, 0.25) is 0 Å². The van der Waals surface area contributed by atoms with Crippen molar-refractivity contribution in [1.82, 2.24) is 10.2 Å². The summed E-state index contributed by atoms with van der Waals surface area (Å²) in [6, 6.07) is 10.9. The number of nitrogens with zero attached hydrogens (tertiary/aromatic N) is 1. The van der Waals surface area contributed by atoms with E-state index in [0.717, 1.165) is 19.5 Å². The molecule has 0 radical (unpaired) electrons. The molecule has 0 aromatic heterocycles. The van der Waals surface area contributed by atoms with Gasteiger partial charge in [0.15, 0.2) is 0 Å². The molecule has 25 heavy (non-hydrogen) atoms. The van der Waals surface area contributed by atoms with Gasteiger partial charge in [-0.15, -0.1) is 0 Å². The molecule has 142 valence electrons. The molecule has 1 fully saturated rings. The molecule has 1 atom stereocenters. The number of carbonyl (C=O) groups excluding carboxylic acids is 1. The third-order valence-electron chi connectivity index (χ3n) is 4.28. The van der Waals surface area contributed by atoms with Crippen LogP contribution in [0.4, 0.5) is 4.79 Å². The zero-order chi connectivity index (χ0) is 19.1. The van der Waals surface area contributed by atoms with Crippen molar-refractivity contribution in [3.63, 3.8) is 0 Å². The maximum atomic E-state index is 11.8. The molecule has 2 rings (SSSR count). The van der Waals surface area contributed by atoms with Crippen molar-refractivity contribution in [2.45, 2.75) is 66.0 Å². The lowest BCUT2D eigenvalue weighted by Crippen LogP contribution is -2.45. The summed E-state index contributed by atoms with van der Waals surface area (Å²) in [5.74, 6) is 0. The number of nitrogens with one attached hydrogen (secondary N) is 1. The monoisotopic (exact) mass is 348 g/mol. The van der Waals surface area contributed by atoms with E-state index in [-0.39, 0.29) is 11.5 Å². The number of hydrogen-bond acceptors (Lipinski definition) is 3. The lowest BCUT2D eigenvalue weighted by Gasteiger charge is -2.38. The fourth-order valence-corrected chi connectivity index (χ4v) is 2.81. The molecular formula is C21H36N2O2. The minimum Gasteiger partial charge on any atom is -0.444 e. The van der Waals surface area contributed by atoms with E-state index in [1.54, 1.807) is 0 Å². The second kappa shape index (κ2) is 9.23. The van der Waals surface area contributed by atoms with Crippen molar-refractivity contribution < 1.29 is 9.53 Å². The average Bonchev–Trinajstić information content (AvgIpc) is 2.53. The van der Waals surface area contributed by atoms with E-state index in [9.17, 15) is 4.79 Å². The summed E-state index contributed by atoms with van der Waals surface area (Å²) in [5.41, 5.74) is 1.18. The maximum absolute atomic E-state index is 11.8. The lowest BCUT2D eigenvalue weighted by atomic mass is 9.84. The smallest absolute Gasteiger partial charge is 0.410 e. The molecule has 1 amide bonds. The van der Waals surface area contributed by atoms with E-state index in [2.05, 4.69) is 50.4 Å². The van der Waals surface area contributed by atoms with Crippen molar-refractivity contribution >= 4 is 6.09 Å². The van der Waals surface area contributed by atoms with Crippen molar-refractivity contribution in [2.75, 3.05) is 20.1 Å². The van der Waals surface area contributed by atoms with E-state index in [4.69, 9.17) is 4.74 Å². The molecule has 1 heterocycles. The maximum Gasteiger partial charge on any atom is 0.410 e. The molecule has 1 aromatic carbocycles. The number of ether oxygens (including phenoxy) is 1. The van der Waals surface area contributed by atoms with Gasteiger partial charge in [0, 0.05) is 19.1 Å². The van der Waals surface area contributed by atoms with Crippen LogP contribution in [0.25, 0.3) is 0 Å². The van der Waals surface area contributed by atoms with Crippen LogP contribution in [-0.2, 0) is 4.74 Å². The summed E-state index contributed by atoms with van der Waals surface area (Å²) < 4.78 is 5.36. The highest BCUT2D eigenvalue weighted by Crippen LogP contribution is 2.29. The number of carbonyl (C=O) groups is 1. The summed E-state index contributed by atoms with van der Waals surface area (Å²) in [4.78, 5) is 13.6. The average molecular weight is 349 g/mol. The first-order valence-corrected chi connectivity index (χ1v) is 9.24. The fourth-order valence-electron chi connectivity index (χ4n) is 2.81. The van der Waals surface area contributed by atoms with Gasteiger partial charge in [0.05, 0.1) is 0 Å². The van der Waals surface area contributed by atoms with Crippen LogP contribution < -0.4 is 5.32 Å². The highest BCUT2D eigenvalue weighted by molar-refractivity contribution is 5.68. The topological polar surface area (TPSA) is 41.6 Å². The second-order valence-corrected chi connectivity index (χ2v) is 8.59. The first kappa shape index (κ1) is 21.5. The van der Waals surface area contributed by atoms with Gasteiger partial charge in [-0.05, 0) is 58.6 Å². The first-order chi connectivity index (χ1) is 11.5. The number of rotatable bonds is 2. The van der Waals surface area contributed by atoms with E-state index >= 15 is 0 Å². The van der Waals surface area contributed by atoms with E-state index in [0.29, 0.717) is 6.04 Å². The Bertz CT molecular complexity index is 520. The van der Waals surface area contributed by atoms with Gasteiger partial charge < -0.3 is 15.0 Å². The molecule has 1 N–H and O–H groups in total. The lowest BCUT2D eigenvalue weighted by molar-refractivity contribution is 0.00902. The third-order valence-corrected chi connectivity index (χ3v) is 4.28. The summed E-state index contributed by atoms with van der Waals surface area (Å²) in [6.07, 6.45) is 2.09. The molecule has 1 aliphatic heterocycles. The Labute approximate surface area is 153 Å². The Morgan fingerprint density at radius 1 is 1.24 bits per heavy atom. The van der Waals surface area contributed by atoms with Crippen LogP contribution in [0.2, 0.25) is 0 Å². The van der Waals surface area contributed by atoms with Crippen LogP contribution in [0.5, 0.6) is 0 Å². The number of hydrogen-bond donors (Lipinski definition) is 1. The molecule has 0 spiro atoms. The Kier molecular flexibility index (Phi) is 7.94. The molecule has 0 saturated carbocycles. The van der Waals surface area contributed by atoms with E-state index in [1.807, 2.05) is 38.8 Å². The molecular weight excluding hydrogens is 312 g/mol. The van der Waals surface area contributed by atoms with Gasteiger partial charge >= 0.3 is 6.09 Å². The van der Waals surface area contributed by atoms with Crippen LogP contribution in [0.15, 0.2) is 30.3 Å². The summed E-state index contributed by atoms with van der Waals surface area (Å²) >= 11 is 0. The summed E-state index contributed by atoms with van der Waals surface area (Å²) in [7, 11) is 1.97. The Morgan fingerprint density at radius 3 is 2.32 bits per heavy atom. The molecule has 0 aliphatic carbocycles. The van der Waals surface area contributed by atoms with Crippen molar-refractivity contribution in [2.24, 2.45) is 5.41 Å². The zero-order valence-electron chi connectivity index (χ0n) is 17.1. The van der Waals surface area contributed by atoms with Gasteiger partial charge in [-0.1, -0.05) is 44.2 Å². The van der Waals surface area contributed by atoms with Crippen LogP contribution in [0.3, 0.4) is 0 Å². The molecule has 1 saturated heterocycles. The predicted octanol–water partition coefficient (Wildman–Crippen LogP) is 5.01. The molecule has 0 bridgehead atoms. The SMILES string of the molecule is CC1(C)CCCN(C(=O)OC(C)(C)C)C1.CNC(C)c1ccccc1. The highest BCUT2D eigenvalue weighted by Gasteiger charge is 2.31. The molecule has 1 aliphatic rings. The number of likely N-dealkylation sites (tertiary alicyclic amines) is 1. The Balaban J connectivity index is 0.000000271.